The van der Waals surface area contributed by atoms with Crippen molar-refractivity contribution in [3.05, 3.63) is 113 Å². The van der Waals surface area contributed by atoms with Gasteiger partial charge in [0, 0.05) is 29.5 Å². The Morgan fingerprint density at radius 2 is 1.71 bits per heavy atom. The van der Waals surface area contributed by atoms with Gasteiger partial charge in [0.1, 0.15) is 17.4 Å². The second kappa shape index (κ2) is 11.9. The lowest BCUT2D eigenvalue weighted by Crippen LogP contribution is -2.07. The largest absolute Gasteiger partial charge is 0.435 e. The molecule has 0 saturated heterocycles. The van der Waals surface area contributed by atoms with Crippen LogP contribution in [0.3, 0.4) is 0 Å². The van der Waals surface area contributed by atoms with E-state index in [0.717, 1.165) is 24.1 Å². The Morgan fingerprint density at radius 3 is 2.29 bits per heavy atom. The van der Waals surface area contributed by atoms with E-state index in [4.69, 9.17) is 0 Å². The van der Waals surface area contributed by atoms with Gasteiger partial charge in [-0.25, -0.2) is 17.8 Å². The lowest BCUT2D eigenvalue weighted by molar-refractivity contribution is -0.141. The van der Waals surface area contributed by atoms with Crippen molar-refractivity contribution >= 4 is 15.4 Å². The van der Waals surface area contributed by atoms with Gasteiger partial charge in [-0.3, -0.25) is 0 Å². The normalized spacial score (nSPS) is 15.4. The van der Waals surface area contributed by atoms with Crippen molar-refractivity contribution in [2.75, 3.05) is 6.26 Å². The quantitative estimate of drug-likeness (QED) is 0.199. The van der Waals surface area contributed by atoms with Gasteiger partial charge in [-0.1, -0.05) is 35.9 Å². The Labute approximate surface area is 254 Å². The number of aryl methyl sites for hydroxylation is 1. The lowest BCUT2D eigenvalue weighted by Gasteiger charge is -2.21. The topological polar surface area (TPSA) is 81.4 Å². The standard InChI is InChI=1S/C32H26F6N2O4S/c1-17-10-23(19-4-7-22(8-5-19)44-31(34)35)24(11-17)25-12-20(21-13-27(33)26(16-41)29(14-21)45(3,42)43)6-9-28(25)40-15-30(32(36,37)38)39-18(40)2/h4-15,23,31,41H,16H2,1-3H3. The highest BCUT2D eigenvalue weighted by Crippen LogP contribution is 2.44. The maximum atomic E-state index is 15.1. The van der Waals surface area contributed by atoms with Gasteiger partial charge in [-0.05, 0) is 72.5 Å². The molecular formula is C32H26F6N2O4S. The van der Waals surface area contributed by atoms with Crippen LogP contribution in [0.5, 0.6) is 5.75 Å². The molecule has 0 fully saturated rings. The number of aromatic nitrogens is 2. The Bertz CT molecular complexity index is 1950. The van der Waals surface area contributed by atoms with Crippen molar-refractivity contribution in [2.45, 2.75) is 44.1 Å². The molecule has 1 atom stereocenters. The highest BCUT2D eigenvalue weighted by Gasteiger charge is 2.35. The van der Waals surface area contributed by atoms with Crippen molar-refractivity contribution in [3.63, 3.8) is 0 Å². The zero-order valence-corrected chi connectivity index (χ0v) is 24.8. The number of aliphatic hydroxyl groups excluding tert-OH is 1. The molecule has 1 unspecified atom stereocenters. The molecule has 1 aliphatic carbocycles. The van der Waals surface area contributed by atoms with E-state index in [9.17, 15) is 35.5 Å². The van der Waals surface area contributed by atoms with E-state index >= 15 is 4.39 Å². The van der Waals surface area contributed by atoms with E-state index in [1.165, 1.54) is 41.8 Å². The molecule has 1 aliphatic rings. The SMILES string of the molecule is CC1=CC(c2ccc(OC(F)F)cc2)C(c2cc(-c3cc(F)c(CO)c(S(C)(=O)=O)c3)ccc2-n2cc(C(F)(F)F)nc2C)=C1. The number of imidazole rings is 1. The fourth-order valence-corrected chi connectivity index (χ4v) is 6.34. The van der Waals surface area contributed by atoms with E-state index in [1.54, 1.807) is 18.2 Å². The highest BCUT2D eigenvalue weighted by molar-refractivity contribution is 7.90. The third-order valence-electron chi connectivity index (χ3n) is 7.40. The summed E-state index contributed by atoms with van der Waals surface area (Å²) in [5.41, 5.74) is 1.88. The number of halogens is 6. The molecule has 3 aromatic carbocycles. The zero-order valence-electron chi connectivity index (χ0n) is 24.0. The summed E-state index contributed by atoms with van der Waals surface area (Å²) in [5.74, 6) is -1.42. The second-order valence-corrected chi connectivity index (χ2v) is 12.6. The molecule has 0 aliphatic heterocycles. The van der Waals surface area contributed by atoms with Gasteiger partial charge in [0.05, 0.1) is 17.2 Å². The Morgan fingerprint density at radius 1 is 1.02 bits per heavy atom. The maximum absolute atomic E-state index is 15.1. The summed E-state index contributed by atoms with van der Waals surface area (Å²) in [4.78, 5) is 3.30. The Kier molecular flexibility index (Phi) is 8.45. The summed E-state index contributed by atoms with van der Waals surface area (Å²) in [6.07, 6.45) is 0.769. The van der Waals surface area contributed by atoms with Gasteiger partial charge in [0.15, 0.2) is 15.5 Å². The summed E-state index contributed by atoms with van der Waals surface area (Å²) < 4.78 is 112. The third kappa shape index (κ3) is 6.54. The van der Waals surface area contributed by atoms with Crippen LogP contribution < -0.4 is 4.74 Å². The van der Waals surface area contributed by atoms with Gasteiger partial charge in [-0.15, -0.1) is 0 Å². The van der Waals surface area contributed by atoms with Gasteiger partial charge < -0.3 is 14.4 Å². The lowest BCUT2D eigenvalue weighted by atomic mass is 9.87. The molecule has 1 N–H and O–H groups in total. The first-order valence-electron chi connectivity index (χ1n) is 13.4. The molecule has 236 valence electrons. The Balaban J connectivity index is 1.72. The maximum Gasteiger partial charge on any atom is 0.434 e. The zero-order chi connectivity index (χ0) is 32.8. The first kappa shape index (κ1) is 32.0. The molecule has 13 heteroatoms. The summed E-state index contributed by atoms with van der Waals surface area (Å²) in [5, 5.41) is 9.63. The van der Waals surface area contributed by atoms with Crippen LogP contribution in [-0.2, 0) is 22.6 Å². The number of hydrogen-bond donors (Lipinski definition) is 1. The van der Waals surface area contributed by atoms with Crippen LogP contribution in [0.4, 0.5) is 26.3 Å². The number of rotatable bonds is 8. The van der Waals surface area contributed by atoms with Crippen molar-refractivity contribution in [2.24, 2.45) is 0 Å². The fourth-order valence-electron chi connectivity index (χ4n) is 5.39. The van der Waals surface area contributed by atoms with Crippen LogP contribution in [0.2, 0.25) is 0 Å². The van der Waals surface area contributed by atoms with Crippen molar-refractivity contribution in [3.8, 4) is 22.6 Å². The van der Waals surface area contributed by atoms with Crippen LogP contribution in [-0.4, -0.2) is 35.9 Å². The van der Waals surface area contributed by atoms with Crippen LogP contribution in [0, 0.1) is 12.7 Å². The van der Waals surface area contributed by atoms with Crippen molar-refractivity contribution < 1.29 is 44.6 Å². The van der Waals surface area contributed by atoms with Gasteiger partial charge in [0.2, 0.25) is 0 Å². The number of ether oxygens (including phenoxy) is 1. The molecule has 0 bridgehead atoms. The second-order valence-electron chi connectivity index (χ2n) is 10.6. The van der Waals surface area contributed by atoms with E-state index in [2.05, 4.69) is 9.72 Å². The number of nitrogens with zero attached hydrogens (tertiary/aromatic N) is 2. The monoisotopic (exact) mass is 648 g/mol. The van der Waals surface area contributed by atoms with Crippen LogP contribution >= 0.6 is 0 Å². The molecule has 4 aromatic rings. The average molecular weight is 649 g/mol. The number of alkyl halides is 5. The fraction of sp³-hybridized carbons (Fsp3) is 0.219. The summed E-state index contributed by atoms with van der Waals surface area (Å²) >= 11 is 0. The molecule has 0 radical (unpaired) electrons. The summed E-state index contributed by atoms with van der Waals surface area (Å²) in [6, 6.07) is 12.9. The van der Waals surface area contributed by atoms with Crippen LogP contribution in [0.15, 0.2) is 83.4 Å². The average Bonchev–Trinajstić information content (AvgIpc) is 3.54. The molecule has 0 saturated carbocycles. The summed E-state index contributed by atoms with van der Waals surface area (Å²) in [7, 11) is -3.95. The molecule has 45 heavy (non-hydrogen) atoms. The molecule has 1 heterocycles. The molecule has 6 nitrogen and oxygen atoms in total. The molecular weight excluding hydrogens is 622 g/mol. The predicted octanol–water partition coefficient (Wildman–Crippen LogP) is 7.63. The van der Waals surface area contributed by atoms with E-state index < -0.39 is 51.6 Å². The van der Waals surface area contributed by atoms with Gasteiger partial charge in [0.25, 0.3) is 0 Å². The smallest absolute Gasteiger partial charge is 0.434 e. The van der Waals surface area contributed by atoms with Gasteiger partial charge >= 0.3 is 12.8 Å². The number of allylic oxidation sites excluding steroid dienone is 4. The van der Waals surface area contributed by atoms with Crippen LogP contribution in [0.1, 0.15) is 41.1 Å². The molecule has 0 spiro atoms. The van der Waals surface area contributed by atoms with Crippen LogP contribution in [0.25, 0.3) is 22.4 Å². The minimum Gasteiger partial charge on any atom is -0.435 e. The molecule has 1 aromatic heterocycles. The number of aliphatic hydroxyl groups is 1. The first-order chi connectivity index (χ1) is 21.1. The number of hydrogen-bond acceptors (Lipinski definition) is 5. The van der Waals surface area contributed by atoms with E-state index in [0.29, 0.717) is 28.0 Å². The van der Waals surface area contributed by atoms with E-state index in [1.807, 2.05) is 19.1 Å². The molecule has 0 amide bonds. The summed E-state index contributed by atoms with van der Waals surface area (Å²) in [6.45, 7) is -0.616. The molecule has 5 rings (SSSR count). The van der Waals surface area contributed by atoms with Crippen molar-refractivity contribution in [1.29, 1.82) is 0 Å². The Hall–Kier alpha value is -4.36. The minimum absolute atomic E-state index is 0.0439. The van der Waals surface area contributed by atoms with Gasteiger partial charge in [-0.2, -0.15) is 22.0 Å². The third-order valence-corrected chi connectivity index (χ3v) is 8.56. The first-order valence-corrected chi connectivity index (χ1v) is 15.3. The van der Waals surface area contributed by atoms with E-state index in [-0.39, 0.29) is 22.7 Å². The number of sulfone groups is 1. The minimum atomic E-state index is -4.71. The highest BCUT2D eigenvalue weighted by atomic mass is 32.2. The number of benzene rings is 3. The van der Waals surface area contributed by atoms with Crippen molar-refractivity contribution in [1.82, 2.24) is 9.55 Å². The predicted molar refractivity (Wildman–Crippen MR) is 155 cm³/mol.